The Morgan fingerprint density at radius 1 is 1.17 bits per heavy atom. The first-order valence-electron chi connectivity index (χ1n) is 9.05. The van der Waals surface area contributed by atoms with Gasteiger partial charge in [-0.05, 0) is 18.2 Å². The minimum atomic E-state index is -0.356. The van der Waals surface area contributed by atoms with Crippen molar-refractivity contribution < 1.29 is 14.3 Å². The summed E-state index contributed by atoms with van der Waals surface area (Å²) in [7, 11) is 4.88. The number of fused-ring (bicyclic) bond motifs is 1. The Morgan fingerprint density at radius 3 is 2.45 bits per heavy atom. The number of nitrogens with two attached hydrogens (primary N) is 1. The molecule has 150 valence electrons. The first-order chi connectivity index (χ1) is 13.8. The average molecular weight is 393 g/mol. The number of hydrogen-bond donors (Lipinski definition) is 2. The third kappa shape index (κ3) is 4.11. The number of methoxy groups -OCH3 is 1. The lowest BCUT2D eigenvalue weighted by Crippen LogP contribution is -2.29. The minimum Gasteiger partial charge on any atom is -0.469 e. The molecule has 0 saturated heterocycles. The molecule has 8 heteroatoms. The van der Waals surface area contributed by atoms with E-state index in [0.717, 1.165) is 16.9 Å². The third-order valence-electron chi connectivity index (χ3n) is 4.81. The zero-order chi connectivity index (χ0) is 21.1. The number of benzene rings is 2. The molecule has 0 fully saturated rings. The van der Waals surface area contributed by atoms with Crippen LogP contribution in [0.3, 0.4) is 0 Å². The van der Waals surface area contributed by atoms with Crippen LogP contribution in [-0.4, -0.2) is 52.9 Å². The van der Waals surface area contributed by atoms with Crippen LogP contribution < -0.4 is 5.73 Å². The van der Waals surface area contributed by atoms with Gasteiger partial charge in [0.05, 0.1) is 24.6 Å². The van der Waals surface area contributed by atoms with Gasteiger partial charge < -0.3 is 19.9 Å². The van der Waals surface area contributed by atoms with Gasteiger partial charge in [0.1, 0.15) is 11.7 Å². The Labute approximate surface area is 168 Å². The van der Waals surface area contributed by atoms with Crippen LogP contribution in [0.5, 0.6) is 0 Å². The second kappa shape index (κ2) is 8.14. The molecule has 1 aromatic heterocycles. The van der Waals surface area contributed by atoms with E-state index in [1.54, 1.807) is 31.3 Å². The zero-order valence-electron chi connectivity index (χ0n) is 16.6. The van der Waals surface area contributed by atoms with Gasteiger partial charge in [0.25, 0.3) is 5.91 Å². The summed E-state index contributed by atoms with van der Waals surface area (Å²) in [5, 5.41) is 7.50. The molecule has 0 unspecified atom stereocenters. The topological polar surface area (TPSA) is 114 Å². The number of rotatable bonds is 6. The molecule has 2 aromatic carbocycles. The molecule has 0 aliphatic carbocycles. The van der Waals surface area contributed by atoms with Crippen LogP contribution in [-0.2, 0) is 16.6 Å². The largest absolute Gasteiger partial charge is 0.469 e. The Kier molecular flexibility index (Phi) is 5.63. The summed E-state index contributed by atoms with van der Waals surface area (Å²) >= 11 is 0. The van der Waals surface area contributed by atoms with E-state index in [4.69, 9.17) is 11.1 Å². The summed E-state index contributed by atoms with van der Waals surface area (Å²) < 4.78 is 6.57. The van der Waals surface area contributed by atoms with E-state index >= 15 is 0 Å². The molecule has 29 heavy (non-hydrogen) atoms. The number of amidine groups is 1. The maximum absolute atomic E-state index is 12.7. The highest BCUT2D eigenvalue weighted by Crippen LogP contribution is 2.25. The van der Waals surface area contributed by atoms with E-state index in [0.29, 0.717) is 16.6 Å². The first kappa shape index (κ1) is 20.1. The molecular weight excluding hydrogens is 370 g/mol. The van der Waals surface area contributed by atoms with Crippen molar-refractivity contribution in [1.82, 2.24) is 14.5 Å². The summed E-state index contributed by atoms with van der Waals surface area (Å²) in [5.74, 6) is 0.221. The molecule has 0 bridgehead atoms. The molecule has 8 nitrogen and oxygen atoms in total. The zero-order valence-corrected chi connectivity index (χ0v) is 16.6. The highest BCUT2D eigenvalue weighted by Gasteiger charge is 2.16. The smallest absolute Gasteiger partial charge is 0.307 e. The van der Waals surface area contributed by atoms with E-state index < -0.39 is 0 Å². The molecule has 0 spiro atoms. The van der Waals surface area contributed by atoms with Gasteiger partial charge in [0.2, 0.25) is 0 Å². The van der Waals surface area contributed by atoms with Crippen molar-refractivity contribution in [2.24, 2.45) is 12.8 Å². The lowest BCUT2D eigenvalue weighted by molar-refractivity contribution is -0.140. The standard InChI is InChI=1S/C21H23N5O3/c1-25(11-10-18(27)29-3)21(28)15-8-9-17-16(12-15)24-20(26(17)2)14-6-4-13(5-7-14)19(22)23/h4-9,12H,10-11H2,1-3H3,(H3,22,23). The monoisotopic (exact) mass is 393 g/mol. The summed E-state index contributed by atoms with van der Waals surface area (Å²) in [6.07, 6.45) is 0.144. The fourth-order valence-electron chi connectivity index (χ4n) is 3.07. The van der Waals surface area contributed by atoms with Crippen LogP contribution in [0.25, 0.3) is 22.4 Å². The van der Waals surface area contributed by atoms with Gasteiger partial charge in [-0.3, -0.25) is 15.0 Å². The SMILES string of the molecule is COC(=O)CCN(C)C(=O)c1ccc2c(c1)nc(-c1ccc(C(=N)N)cc1)n2C. The number of nitrogen functional groups attached to an aromatic ring is 1. The first-order valence-corrected chi connectivity index (χ1v) is 9.05. The molecule has 1 amide bonds. The molecule has 0 aliphatic heterocycles. The summed E-state index contributed by atoms with van der Waals surface area (Å²) in [5.41, 5.74) is 9.14. The van der Waals surface area contributed by atoms with Crippen LogP contribution in [0.1, 0.15) is 22.3 Å². The van der Waals surface area contributed by atoms with Gasteiger partial charge in [0.15, 0.2) is 0 Å². The van der Waals surface area contributed by atoms with Gasteiger partial charge in [-0.25, -0.2) is 4.98 Å². The second-order valence-corrected chi connectivity index (χ2v) is 6.74. The van der Waals surface area contributed by atoms with Crippen LogP contribution in [0.2, 0.25) is 0 Å². The Hall–Kier alpha value is -3.68. The van der Waals surface area contributed by atoms with E-state index in [-0.39, 0.29) is 30.7 Å². The molecule has 3 rings (SSSR count). The van der Waals surface area contributed by atoms with Crippen molar-refractivity contribution in [3.63, 3.8) is 0 Å². The Bertz CT molecular complexity index is 1090. The van der Waals surface area contributed by atoms with Crippen LogP contribution in [0.15, 0.2) is 42.5 Å². The molecule has 3 aromatic rings. The maximum atomic E-state index is 12.7. The third-order valence-corrected chi connectivity index (χ3v) is 4.81. The van der Waals surface area contributed by atoms with Crippen molar-refractivity contribution in [2.75, 3.05) is 20.7 Å². The fraction of sp³-hybridized carbons (Fsp3) is 0.238. The second-order valence-electron chi connectivity index (χ2n) is 6.74. The number of carbonyl (C=O) groups excluding carboxylic acids is 2. The quantitative estimate of drug-likeness (QED) is 0.378. The van der Waals surface area contributed by atoms with Crippen molar-refractivity contribution in [3.05, 3.63) is 53.6 Å². The van der Waals surface area contributed by atoms with Gasteiger partial charge in [-0.1, -0.05) is 24.3 Å². The van der Waals surface area contributed by atoms with Crippen molar-refractivity contribution in [2.45, 2.75) is 6.42 Å². The predicted molar refractivity (Wildman–Crippen MR) is 111 cm³/mol. The average Bonchev–Trinajstić information content (AvgIpc) is 3.07. The van der Waals surface area contributed by atoms with Crippen molar-refractivity contribution in [1.29, 1.82) is 5.41 Å². The number of carbonyl (C=O) groups is 2. The molecule has 0 radical (unpaired) electrons. The number of imidazole rings is 1. The number of hydrogen-bond acceptors (Lipinski definition) is 5. The van der Waals surface area contributed by atoms with Crippen LogP contribution in [0.4, 0.5) is 0 Å². The van der Waals surface area contributed by atoms with Crippen LogP contribution in [0, 0.1) is 5.41 Å². The van der Waals surface area contributed by atoms with Gasteiger partial charge in [0, 0.05) is 37.3 Å². The van der Waals surface area contributed by atoms with Crippen molar-refractivity contribution in [3.8, 4) is 11.4 Å². The number of aryl methyl sites for hydroxylation is 1. The highest BCUT2D eigenvalue weighted by atomic mass is 16.5. The Morgan fingerprint density at radius 2 is 1.83 bits per heavy atom. The summed E-state index contributed by atoms with van der Waals surface area (Å²) in [6, 6.07) is 12.7. The van der Waals surface area contributed by atoms with Crippen LogP contribution >= 0.6 is 0 Å². The number of amides is 1. The fourth-order valence-corrected chi connectivity index (χ4v) is 3.07. The summed E-state index contributed by atoms with van der Waals surface area (Å²) in [4.78, 5) is 30.1. The maximum Gasteiger partial charge on any atom is 0.307 e. The predicted octanol–water partition coefficient (Wildman–Crippen LogP) is 2.16. The number of nitrogens with zero attached hydrogens (tertiary/aromatic N) is 3. The molecular formula is C21H23N5O3. The number of ether oxygens (including phenoxy) is 1. The Balaban J connectivity index is 1.88. The van der Waals surface area contributed by atoms with E-state index in [1.807, 2.05) is 29.8 Å². The van der Waals surface area contributed by atoms with E-state index in [1.165, 1.54) is 12.0 Å². The number of aromatic nitrogens is 2. The van der Waals surface area contributed by atoms with E-state index in [9.17, 15) is 9.59 Å². The molecule has 3 N–H and O–H groups in total. The highest BCUT2D eigenvalue weighted by molar-refractivity contribution is 5.98. The molecule has 0 atom stereocenters. The summed E-state index contributed by atoms with van der Waals surface area (Å²) in [6.45, 7) is 0.277. The number of nitrogens with one attached hydrogen (secondary N) is 1. The molecule has 0 aliphatic rings. The lowest BCUT2D eigenvalue weighted by Gasteiger charge is -2.16. The number of esters is 1. The lowest BCUT2D eigenvalue weighted by atomic mass is 10.1. The molecule has 1 heterocycles. The van der Waals surface area contributed by atoms with E-state index in [2.05, 4.69) is 9.72 Å². The van der Waals surface area contributed by atoms with Gasteiger partial charge in [-0.15, -0.1) is 0 Å². The van der Waals surface area contributed by atoms with Gasteiger partial charge >= 0.3 is 5.97 Å². The van der Waals surface area contributed by atoms with Gasteiger partial charge in [-0.2, -0.15) is 0 Å². The van der Waals surface area contributed by atoms with Crippen molar-refractivity contribution >= 4 is 28.7 Å². The normalized spacial score (nSPS) is 10.7. The minimum absolute atomic E-state index is 0.0148. The molecule has 0 saturated carbocycles.